The number of benzene rings is 2. The fourth-order valence-corrected chi connectivity index (χ4v) is 2.86. The number of hydrogen-bond donors (Lipinski definition) is 0. The van der Waals surface area contributed by atoms with E-state index in [0.717, 1.165) is 30.6 Å². The van der Waals surface area contributed by atoms with E-state index in [4.69, 9.17) is 4.74 Å². The summed E-state index contributed by atoms with van der Waals surface area (Å²) in [5.74, 6) is 0.381. The molecule has 0 N–H and O–H groups in total. The van der Waals surface area contributed by atoms with E-state index in [1.54, 1.807) is 12.1 Å². The first-order valence-electron chi connectivity index (χ1n) is 10.5. The maximum absolute atomic E-state index is 11.9. The van der Waals surface area contributed by atoms with Gasteiger partial charge in [0.15, 0.2) is 0 Å². The summed E-state index contributed by atoms with van der Waals surface area (Å²) in [6.07, 6.45) is 9.58. The molecule has 0 aliphatic rings. The number of nitrogens with zero attached hydrogens (tertiary/aromatic N) is 2. The first-order chi connectivity index (χ1) is 13.7. The van der Waals surface area contributed by atoms with Crippen LogP contribution in [0.4, 0.5) is 11.4 Å². The molecule has 0 saturated carbocycles. The minimum Gasteiger partial charge on any atom is -0.427 e. The van der Waals surface area contributed by atoms with Crippen LogP contribution in [0.2, 0.25) is 0 Å². The lowest BCUT2D eigenvalue weighted by atomic mass is 10.1. The number of carbonyl (C=O) groups is 1. The molecule has 0 aliphatic heterocycles. The fraction of sp³-hybridized carbons (Fsp3) is 0.458. The largest absolute Gasteiger partial charge is 0.427 e. The zero-order chi connectivity index (χ0) is 20.0. The van der Waals surface area contributed by atoms with Crippen molar-refractivity contribution in [1.29, 1.82) is 0 Å². The first-order valence-corrected chi connectivity index (χ1v) is 10.5. The van der Waals surface area contributed by atoms with Gasteiger partial charge in [-0.1, -0.05) is 58.1 Å². The lowest BCUT2D eigenvalue weighted by Crippen LogP contribution is -2.07. The van der Waals surface area contributed by atoms with Gasteiger partial charge in [0.25, 0.3) is 0 Å². The monoisotopic (exact) mass is 380 g/mol. The highest BCUT2D eigenvalue weighted by atomic mass is 16.5. The molecule has 0 aliphatic carbocycles. The molecule has 0 unspecified atom stereocenters. The van der Waals surface area contributed by atoms with E-state index in [1.165, 1.54) is 37.7 Å². The van der Waals surface area contributed by atoms with Gasteiger partial charge in [-0.3, -0.25) is 4.79 Å². The van der Waals surface area contributed by atoms with Crippen LogP contribution >= 0.6 is 0 Å². The van der Waals surface area contributed by atoms with Gasteiger partial charge >= 0.3 is 5.97 Å². The van der Waals surface area contributed by atoms with Crippen molar-refractivity contribution in [3.05, 3.63) is 54.1 Å². The molecule has 0 spiro atoms. The molecule has 0 heterocycles. The number of unbranched alkanes of at least 4 members (excludes halogenated alkanes) is 5. The SMILES string of the molecule is CCCCCCCC(=O)Oc1ccc(N=Nc2ccc(CCCC)cc2)cc1. The summed E-state index contributed by atoms with van der Waals surface area (Å²) < 4.78 is 5.37. The zero-order valence-electron chi connectivity index (χ0n) is 17.2. The smallest absolute Gasteiger partial charge is 0.311 e. The van der Waals surface area contributed by atoms with Gasteiger partial charge in [0, 0.05) is 6.42 Å². The van der Waals surface area contributed by atoms with Crippen molar-refractivity contribution in [1.82, 2.24) is 0 Å². The van der Waals surface area contributed by atoms with E-state index in [-0.39, 0.29) is 5.97 Å². The van der Waals surface area contributed by atoms with Crippen molar-refractivity contribution in [2.24, 2.45) is 10.2 Å². The van der Waals surface area contributed by atoms with E-state index < -0.39 is 0 Å². The second-order valence-electron chi connectivity index (χ2n) is 7.10. The second kappa shape index (κ2) is 12.8. The molecule has 0 radical (unpaired) electrons. The van der Waals surface area contributed by atoms with Gasteiger partial charge in [-0.2, -0.15) is 10.2 Å². The minimum atomic E-state index is -0.172. The number of ether oxygens (including phenoxy) is 1. The van der Waals surface area contributed by atoms with Crippen LogP contribution in [0.5, 0.6) is 5.75 Å². The Morgan fingerprint density at radius 3 is 1.93 bits per heavy atom. The van der Waals surface area contributed by atoms with Crippen molar-refractivity contribution < 1.29 is 9.53 Å². The highest BCUT2D eigenvalue weighted by Gasteiger charge is 2.04. The summed E-state index contributed by atoms with van der Waals surface area (Å²) in [6.45, 7) is 4.38. The number of esters is 1. The molecule has 0 amide bonds. The Morgan fingerprint density at radius 2 is 1.32 bits per heavy atom. The molecule has 150 valence electrons. The third kappa shape index (κ3) is 8.47. The zero-order valence-corrected chi connectivity index (χ0v) is 17.2. The van der Waals surface area contributed by atoms with Crippen molar-refractivity contribution in [2.75, 3.05) is 0 Å². The molecule has 0 saturated heterocycles. The molecule has 2 aromatic carbocycles. The van der Waals surface area contributed by atoms with Gasteiger partial charge in [0.05, 0.1) is 11.4 Å². The molecular formula is C24H32N2O2. The van der Waals surface area contributed by atoms with Crippen LogP contribution in [0.25, 0.3) is 0 Å². The van der Waals surface area contributed by atoms with Crippen LogP contribution in [-0.2, 0) is 11.2 Å². The average Bonchev–Trinajstić information content (AvgIpc) is 2.72. The molecule has 2 rings (SSSR count). The normalized spacial score (nSPS) is 11.1. The van der Waals surface area contributed by atoms with E-state index in [9.17, 15) is 4.79 Å². The van der Waals surface area contributed by atoms with Gasteiger partial charge in [0.1, 0.15) is 5.75 Å². The molecule has 0 fully saturated rings. The highest BCUT2D eigenvalue weighted by molar-refractivity contribution is 5.72. The summed E-state index contributed by atoms with van der Waals surface area (Å²) in [5, 5.41) is 8.52. The Bertz CT molecular complexity index is 721. The standard InChI is InChI=1S/C24H32N2O2/c1-3-5-7-8-9-11-24(27)28-23-18-16-22(17-19-23)26-25-21-14-12-20(13-15-21)10-6-4-2/h12-19H,3-11H2,1-2H3. The van der Waals surface area contributed by atoms with Crippen LogP contribution in [0.15, 0.2) is 58.8 Å². The Morgan fingerprint density at radius 1 is 0.750 bits per heavy atom. The van der Waals surface area contributed by atoms with Crippen LogP contribution in [0, 0.1) is 0 Å². The topological polar surface area (TPSA) is 51.0 Å². The van der Waals surface area contributed by atoms with Gasteiger partial charge in [0.2, 0.25) is 0 Å². The number of aryl methyl sites for hydroxylation is 1. The molecule has 0 bridgehead atoms. The lowest BCUT2D eigenvalue weighted by molar-refractivity contribution is -0.134. The van der Waals surface area contributed by atoms with E-state index in [0.29, 0.717) is 12.2 Å². The van der Waals surface area contributed by atoms with E-state index in [2.05, 4.69) is 36.2 Å². The molecule has 4 heteroatoms. The van der Waals surface area contributed by atoms with Crippen LogP contribution in [0.3, 0.4) is 0 Å². The van der Waals surface area contributed by atoms with Crippen LogP contribution < -0.4 is 4.74 Å². The number of azo groups is 1. The fourth-order valence-electron chi connectivity index (χ4n) is 2.86. The van der Waals surface area contributed by atoms with Crippen LogP contribution in [0.1, 0.15) is 70.8 Å². The molecule has 0 atom stereocenters. The maximum Gasteiger partial charge on any atom is 0.311 e. The Hall–Kier alpha value is -2.49. The quantitative estimate of drug-likeness (QED) is 0.164. The van der Waals surface area contributed by atoms with Crippen LogP contribution in [-0.4, -0.2) is 5.97 Å². The highest BCUT2D eigenvalue weighted by Crippen LogP contribution is 2.22. The number of rotatable bonds is 12. The predicted octanol–water partition coefficient (Wildman–Crippen LogP) is 7.71. The van der Waals surface area contributed by atoms with Gasteiger partial charge in [-0.25, -0.2) is 0 Å². The molecule has 4 nitrogen and oxygen atoms in total. The third-order valence-corrected chi connectivity index (χ3v) is 4.59. The third-order valence-electron chi connectivity index (χ3n) is 4.59. The van der Waals surface area contributed by atoms with E-state index in [1.807, 2.05) is 24.3 Å². The van der Waals surface area contributed by atoms with Gasteiger partial charge in [-0.15, -0.1) is 0 Å². The van der Waals surface area contributed by atoms with Crippen molar-refractivity contribution in [3.63, 3.8) is 0 Å². The molecule has 28 heavy (non-hydrogen) atoms. The molecule has 2 aromatic rings. The molecule has 0 aromatic heterocycles. The lowest BCUT2D eigenvalue weighted by Gasteiger charge is -2.04. The van der Waals surface area contributed by atoms with Gasteiger partial charge < -0.3 is 4.74 Å². The minimum absolute atomic E-state index is 0.172. The number of hydrogen-bond acceptors (Lipinski definition) is 4. The Balaban J connectivity index is 1.78. The first kappa shape index (κ1) is 21.8. The van der Waals surface area contributed by atoms with Crippen molar-refractivity contribution >= 4 is 17.3 Å². The summed E-state index contributed by atoms with van der Waals surface area (Å²) >= 11 is 0. The maximum atomic E-state index is 11.9. The summed E-state index contributed by atoms with van der Waals surface area (Å²) in [6, 6.07) is 15.3. The summed E-state index contributed by atoms with van der Waals surface area (Å²) in [5.41, 5.74) is 2.89. The molecular weight excluding hydrogens is 348 g/mol. The van der Waals surface area contributed by atoms with Crippen molar-refractivity contribution in [3.8, 4) is 5.75 Å². The summed E-state index contributed by atoms with van der Waals surface area (Å²) in [7, 11) is 0. The average molecular weight is 381 g/mol. The number of carbonyl (C=O) groups excluding carboxylic acids is 1. The predicted molar refractivity (Wildman–Crippen MR) is 115 cm³/mol. The summed E-state index contributed by atoms with van der Waals surface area (Å²) in [4.78, 5) is 11.9. The van der Waals surface area contributed by atoms with Gasteiger partial charge in [-0.05, 0) is 61.2 Å². The second-order valence-corrected chi connectivity index (χ2v) is 7.10. The van der Waals surface area contributed by atoms with Crippen molar-refractivity contribution in [2.45, 2.75) is 71.6 Å². The Kier molecular flexibility index (Phi) is 9.98. The van der Waals surface area contributed by atoms with E-state index >= 15 is 0 Å². The Labute approximate surface area is 169 Å².